The van der Waals surface area contributed by atoms with Gasteiger partial charge in [-0.3, -0.25) is 0 Å². The second kappa shape index (κ2) is 8.87. The van der Waals surface area contributed by atoms with Crippen LogP contribution in [0, 0.1) is 0 Å². The van der Waals surface area contributed by atoms with E-state index in [1.54, 1.807) is 43.3 Å². The predicted octanol–water partition coefficient (Wildman–Crippen LogP) is 4.43. The zero-order chi connectivity index (χ0) is 17.4. The van der Waals surface area contributed by atoms with E-state index >= 15 is 0 Å². The molecule has 126 valence electrons. The lowest BCUT2D eigenvalue weighted by Gasteiger charge is -2.09. The average Bonchev–Trinajstić information content (AvgIpc) is 2.61. The number of ether oxygens (including phenoxy) is 2. The molecule has 0 aliphatic rings. The van der Waals surface area contributed by atoms with E-state index in [0.29, 0.717) is 5.56 Å². The number of carbonyl (C=O) groups excluding carboxylic acids is 2. The van der Waals surface area contributed by atoms with Crippen LogP contribution in [-0.4, -0.2) is 18.5 Å². The van der Waals surface area contributed by atoms with Crippen LogP contribution in [0.2, 0.25) is 0 Å². The Kier molecular flexibility index (Phi) is 6.55. The van der Waals surface area contributed by atoms with Crippen molar-refractivity contribution in [3.63, 3.8) is 0 Å². The Balaban J connectivity index is 2.11. The van der Waals surface area contributed by atoms with Gasteiger partial charge in [-0.25, -0.2) is 9.59 Å². The molecule has 2 aromatic carbocycles. The van der Waals surface area contributed by atoms with Crippen LogP contribution in [0.1, 0.15) is 53.0 Å². The SMILES string of the molecule is CCCCc1ccc(C(=O)Oc2ccccc2C(=O)OCC)cc1. The summed E-state index contributed by atoms with van der Waals surface area (Å²) in [5.41, 5.74) is 1.89. The molecule has 0 heterocycles. The maximum atomic E-state index is 12.3. The van der Waals surface area contributed by atoms with Crippen LogP contribution in [0.15, 0.2) is 48.5 Å². The van der Waals surface area contributed by atoms with Gasteiger partial charge in [0.05, 0.1) is 12.2 Å². The summed E-state index contributed by atoms with van der Waals surface area (Å²) in [4.78, 5) is 24.2. The van der Waals surface area contributed by atoms with E-state index < -0.39 is 11.9 Å². The number of carbonyl (C=O) groups is 2. The Hall–Kier alpha value is -2.62. The quantitative estimate of drug-likeness (QED) is 0.558. The van der Waals surface area contributed by atoms with Gasteiger partial charge < -0.3 is 9.47 Å². The van der Waals surface area contributed by atoms with Crippen molar-refractivity contribution < 1.29 is 19.1 Å². The molecule has 0 unspecified atom stereocenters. The highest BCUT2D eigenvalue weighted by molar-refractivity contribution is 5.96. The van der Waals surface area contributed by atoms with Crippen molar-refractivity contribution in [3.05, 3.63) is 65.2 Å². The van der Waals surface area contributed by atoms with Gasteiger partial charge in [0.15, 0.2) is 0 Å². The minimum absolute atomic E-state index is 0.205. The molecular formula is C20H22O4. The molecule has 0 radical (unpaired) electrons. The van der Waals surface area contributed by atoms with E-state index in [-0.39, 0.29) is 17.9 Å². The summed E-state index contributed by atoms with van der Waals surface area (Å²) in [6.45, 7) is 4.14. The molecule has 0 fully saturated rings. The van der Waals surface area contributed by atoms with Crippen LogP contribution in [0.4, 0.5) is 0 Å². The molecule has 0 saturated carbocycles. The summed E-state index contributed by atoms with van der Waals surface area (Å²) < 4.78 is 10.4. The van der Waals surface area contributed by atoms with Crippen molar-refractivity contribution in [1.82, 2.24) is 0 Å². The zero-order valence-electron chi connectivity index (χ0n) is 14.1. The van der Waals surface area contributed by atoms with Crippen molar-refractivity contribution in [2.45, 2.75) is 33.1 Å². The van der Waals surface area contributed by atoms with Gasteiger partial charge in [-0.05, 0) is 49.6 Å². The maximum absolute atomic E-state index is 12.3. The van der Waals surface area contributed by atoms with Crippen molar-refractivity contribution in [2.75, 3.05) is 6.61 Å². The van der Waals surface area contributed by atoms with E-state index in [1.807, 2.05) is 12.1 Å². The Labute approximate surface area is 142 Å². The van der Waals surface area contributed by atoms with Crippen molar-refractivity contribution in [2.24, 2.45) is 0 Å². The Morgan fingerprint density at radius 3 is 2.29 bits per heavy atom. The number of esters is 2. The number of aryl methyl sites for hydroxylation is 1. The third kappa shape index (κ3) is 4.69. The molecule has 0 N–H and O–H groups in total. The number of rotatable bonds is 7. The molecule has 0 amide bonds. The number of hydrogen-bond acceptors (Lipinski definition) is 4. The van der Waals surface area contributed by atoms with Crippen LogP contribution < -0.4 is 4.74 Å². The van der Waals surface area contributed by atoms with E-state index in [2.05, 4.69) is 6.92 Å². The fourth-order valence-electron chi connectivity index (χ4n) is 2.28. The first-order chi connectivity index (χ1) is 11.7. The lowest BCUT2D eigenvalue weighted by molar-refractivity contribution is 0.0520. The first-order valence-electron chi connectivity index (χ1n) is 8.23. The third-order valence-electron chi connectivity index (χ3n) is 3.59. The van der Waals surface area contributed by atoms with Crippen LogP contribution in [0.25, 0.3) is 0 Å². The molecule has 2 aromatic rings. The van der Waals surface area contributed by atoms with Gasteiger partial charge in [0.2, 0.25) is 0 Å². The fourth-order valence-corrected chi connectivity index (χ4v) is 2.28. The third-order valence-corrected chi connectivity index (χ3v) is 3.59. The van der Waals surface area contributed by atoms with Crippen LogP contribution in [0.5, 0.6) is 5.75 Å². The first kappa shape index (κ1) is 17.7. The van der Waals surface area contributed by atoms with Crippen molar-refractivity contribution >= 4 is 11.9 Å². The standard InChI is InChI=1S/C20H22O4/c1-3-5-8-15-11-13-16(14-12-15)19(21)24-18-10-7-6-9-17(18)20(22)23-4-2/h6-7,9-14H,3-5,8H2,1-2H3. The zero-order valence-corrected chi connectivity index (χ0v) is 14.1. The maximum Gasteiger partial charge on any atom is 0.343 e. The second-order valence-electron chi connectivity index (χ2n) is 5.41. The molecular weight excluding hydrogens is 304 g/mol. The lowest BCUT2D eigenvalue weighted by atomic mass is 10.1. The highest BCUT2D eigenvalue weighted by atomic mass is 16.5. The van der Waals surface area contributed by atoms with Crippen molar-refractivity contribution in [3.8, 4) is 5.75 Å². The summed E-state index contributed by atoms with van der Waals surface area (Å²) in [5, 5.41) is 0. The molecule has 4 nitrogen and oxygen atoms in total. The molecule has 0 spiro atoms. The molecule has 0 saturated heterocycles. The number of para-hydroxylation sites is 1. The Morgan fingerprint density at radius 1 is 0.917 bits per heavy atom. The van der Waals surface area contributed by atoms with Crippen LogP contribution >= 0.6 is 0 Å². The molecule has 2 rings (SSSR count). The Morgan fingerprint density at radius 2 is 1.62 bits per heavy atom. The molecule has 0 aromatic heterocycles. The minimum Gasteiger partial charge on any atom is -0.462 e. The number of unbranched alkanes of at least 4 members (excludes halogenated alkanes) is 1. The normalized spacial score (nSPS) is 10.2. The molecule has 0 aliphatic heterocycles. The molecule has 4 heteroatoms. The summed E-state index contributed by atoms with van der Waals surface area (Å²) in [6.07, 6.45) is 3.25. The summed E-state index contributed by atoms with van der Waals surface area (Å²) >= 11 is 0. The lowest BCUT2D eigenvalue weighted by Crippen LogP contribution is -2.13. The Bertz CT molecular complexity index is 689. The number of benzene rings is 2. The van der Waals surface area contributed by atoms with Gasteiger partial charge in [-0.1, -0.05) is 37.6 Å². The first-order valence-corrected chi connectivity index (χ1v) is 8.23. The van der Waals surface area contributed by atoms with Crippen LogP contribution in [-0.2, 0) is 11.2 Å². The van der Waals surface area contributed by atoms with Gasteiger partial charge in [-0.2, -0.15) is 0 Å². The molecule has 0 aliphatic carbocycles. The molecule has 0 bridgehead atoms. The van der Waals surface area contributed by atoms with Crippen LogP contribution in [0.3, 0.4) is 0 Å². The van der Waals surface area contributed by atoms with Gasteiger partial charge in [0.25, 0.3) is 0 Å². The average molecular weight is 326 g/mol. The fraction of sp³-hybridized carbons (Fsp3) is 0.300. The van der Waals surface area contributed by atoms with Crippen molar-refractivity contribution in [1.29, 1.82) is 0 Å². The summed E-state index contributed by atoms with van der Waals surface area (Å²) in [6, 6.07) is 13.9. The highest BCUT2D eigenvalue weighted by Gasteiger charge is 2.16. The summed E-state index contributed by atoms with van der Waals surface area (Å²) in [5.74, 6) is -0.791. The molecule has 0 atom stereocenters. The van der Waals surface area contributed by atoms with Gasteiger partial charge in [0, 0.05) is 0 Å². The smallest absolute Gasteiger partial charge is 0.343 e. The van der Waals surface area contributed by atoms with E-state index in [0.717, 1.165) is 19.3 Å². The molecule has 24 heavy (non-hydrogen) atoms. The largest absolute Gasteiger partial charge is 0.462 e. The van der Waals surface area contributed by atoms with Gasteiger partial charge in [-0.15, -0.1) is 0 Å². The minimum atomic E-state index is -0.504. The highest BCUT2D eigenvalue weighted by Crippen LogP contribution is 2.20. The monoisotopic (exact) mass is 326 g/mol. The van der Waals surface area contributed by atoms with E-state index in [1.165, 1.54) is 5.56 Å². The van der Waals surface area contributed by atoms with Gasteiger partial charge in [0.1, 0.15) is 11.3 Å². The predicted molar refractivity (Wildman–Crippen MR) is 92.4 cm³/mol. The summed E-state index contributed by atoms with van der Waals surface area (Å²) in [7, 11) is 0. The second-order valence-corrected chi connectivity index (χ2v) is 5.41. The van der Waals surface area contributed by atoms with E-state index in [9.17, 15) is 9.59 Å². The topological polar surface area (TPSA) is 52.6 Å². The van der Waals surface area contributed by atoms with E-state index in [4.69, 9.17) is 9.47 Å². The number of hydrogen-bond donors (Lipinski definition) is 0. The van der Waals surface area contributed by atoms with Gasteiger partial charge >= 0.3 is 11.9 Å².